The summed E-state index contributed by atoms with van der Waals surface area (Å²) in [7, 11) is 0. The lowest BCUT2D eigenvalue weighted by atomic mass is 9.84. The lowest BCUT2D eigenvalue weighted by Gasteiger charge is -2.20. The highest BCUT2D eigenvalue weighted by Crippen LogP contribution is 2.46. The molecular weight excluding hydrogens is 556 g/mol. The molecule has 0 amide bonds. The van der Waals surface area contributed by atoms with E-state index in [2.05, 4.69) is 157 Å². The van der Waals surface area contributed by atoms with E-state index in [9.17, 15) is 0 Å². The predicted molar refractivity (Wildman–Crippen MR) is 194 cm³/mol. The van der Waals surface area contributed by atoms with Crippen LogP contribution in [0.5, 0.6) is 0 Å². The molecule has 0 aliphatic carbocycles. The van der Waals surface area contributed by atoms with E-state index in [1.54, 1.807) is 0 Å². The quantitative estimate of drug-likeness (QED) is 0.187. The number of aromatic nitrogens is 2. The molecule has 218 valence electrons. The SMILES string of the molecule is Cc1cnccc1-c1cccc(-c2c3ccccc3c(-c3cccc(-c4ccncc4C)c3)c3cc(-c4ccccc4)ccc23)c1. The van der Waals surface area contributed by atoms with Gasteiger partial charge in [0, 0.05) is 24.8 Å². The lowest BCUT2D eigenvalue weighted by Crippen LogP contribution is -1.93. The van der Waals surface area contributed by atoms with Crippen molar-refractivity contribution >= 4 is 21.5 Å². The zero-order chi connectivity index (χ0) is 31.0. The topological polar surface area (TPSA) is 25.8 Å². The van der Waals surface area contributed by atoms with E-state index in [0.29, 0.717) is 0 Å². The van der Waals surface area contributed by atoms with E-state index in [1.807, 2.05) is 24.8 Å². The predicted octanol–water partition coefficient (Wildman–Crippen LogP) is 11.7. The van der Waals surface area contributed by atoms with Crippen LogP contribution >= 0.6 is 0 Å². The molecule has 0 spiro atoms. The lowest BCUT2D eigenvalue weighted by molar-refractivity contribution is 1.27. The van der Waals surface area contributed by atoms with Crippen LogP contribution < -0.4 is 0 Å². The molecule has 2 heteroatoms. The summed E-state index contributed by atoms with van der Waals surface area (Å²) in [5, 5.41) is 4.96. The molecule has 6 aromatic carbocycles. The number of rotatable bonds is 5. The maximum absolute atomic E-state index is 4.34. The van der Waals surface area contributed by atoms with Crippen LogP contribution in [0.15, 0.2) is 158 Å². The smallest absolute Gasteiger partial charge is 0.0303 e. The van der Waals surface area contributed by atoms with Gasteiger partial charge < -0.3 is 0 Å². The van der Waals surface area contributed by atoms with E-state index < -0.39 is 0 Å². The van der Waals surface area contributed by atoms with Crippen LogP contribution in [-0.4, -0.2) is 9.97 Å². The minimum absolute atomic E-state index is 1.17. The summed E-state index contributed by atoms with van der Waals surface area (Å²) >= 11 is 0. The molecule has 0 unspecified atom stereocenters. The second kappa shape index (κ2) is 11.6. The Balaban J connectivity index is 1.45. The fraction of sp³-hybridized carbons (Fsp3) is 0.0455. The number of aryl methyl sites for hydroxylation is 2. The third-order valence-electron chi connectivity index (χ3n) is 9.10. The van der Waals surface area contributed by atoms with Crippen molar-refractivity contribution in [1.82, 2.24) is 9.97 Å². The van der Waals surface area contributed by atoms with Crippen LogP contribution in [0.25, 0.3) is 77.2 Å². The van der Waals surface area contributed by atoms with Gasteiger partial charge in [0.05, 0.1) is 0 Å². The molecule has 0 saturated carbocycles. The Labute approximate surface area is 269 Å². The third-order valence-corrected chi connectivity index (χ3v) is 9.10. The van der Waals surface area contributed by atoms with Gasteiger partial charge in [0.1, 0.15) is 0 Å². The molecule has 0 bridgehead atoms. The van der Waals surface area contributed by atoms with Gasteiger partial charge in [-0.15, -0.1) is 0 Å². The summed E-state index contributed by atoms with van der Waals surface area (Å²) in [6.07, 6.45) is 7.63. The van der Waals surface area contributed by atoms with E-state index in [-0.39, 0.29) is 0 Å². The third kappa shape index (κ3) is 4.85. The fourth-order valence-corrected chi connectivity index (χ4v) is 6.89. The molecule has 8 rings (SSSR count). The molecule has 0 aliphatic heterocycles. The van der Waals surface area contributed by atoms with Crippen molar-refractivity contribution in [3.63, 3.8) is 0 Å². The Morgan fingerprint density at radius 2 is 0.826 bits per heavy atom. The van der Waals surface area contributed by atoms with E-state index in [4.69, 9.17) is 0 Å². The van der Waals surface area contributed by atoms with Gasteiger partial charge in [0.25, 0.3) is 0 Å². The number of benzene rings is 6. The Hall–Kier alpha value is -5.86. The first kappa shape index (κ1) is 27.7. The highest BCUT2D eigenvalue weighted by Gasteiger charge is 2.18. The number of hydrogen-bond donors (Lipinski definition) is 0. The van der Waals surface area contributed by atoms with Gasteiger partial charge in [-0.1, -0.05) is 103 Å². The molecule has 0 N–H and O–H groups in total. The Morgan fingerprint density at radius 3 is 1.39 bits per heavy atom. The molecule has 0 radical (unpaired) electrons. The molecule has 8 aromatic rings. The van der Waals surface area contributed by atoms with Crippen LogP contribution in [-0.2, 0) is 0 Å². The molecule has 2 heterocycles. The first-order valence-corrected chi connectivity index (χ1v) is 15.7. The number of nitrogens with zero attached hydrogens (tertiary/aromatic N) is 2. The van der Waals surface area contributed by atoms with Crippen molar-refractivity contribution in [1.29, 1.82) is 0 Å². The van der Waals surface area contributed by atoms with Gasteiger partial charge in [-0.05, 0) is 132 Å². The van der Waals surface area contributed by atoms with Gasteiger partial charge in [-0.2, -0.15) is 0 Å². The number of pyridine rings is 2. The molecule has 2 aromatic heterocycles. The van der Waals surface area contributed by atoms with Crippen molar-refractivity contribution in [3.05, 3.63) is 169 Å². The van der Waals surface area contributed by atoms with Crippen molar-refractivity contribution in [2.75, 3.05) is 0 Å². The van der Waals surface area contributed by atoms with Crippen molar-refractivity contribution in [2.45, 2.75) is 13.8 Å². The van der Waals surface area contributed by atoms with Crippen molar-refractivity contribution < 1.29 is 0 Å². The summed E-state index contributed by atoms with van der Waals surface area (Å²) in [5.41, 5.74) is 14.5. The molecule has 0 saturated heterocycles. The highest BCUT2D eigenvalue weighted by molar-refractivity contribution is 6.22. The molecule has 46 heavy (non-hydrogen) atoms. The highest BCUT2D eigenvalue weighted by atomic mass is 14.6. The molecular formula is C44H32N2. The van der Waals surface area contributed by atoms with Gasteiger partial charge in [0.15, 0.2) is 0 Å². The summed E-state index contributed by atoms with van der Waals surface area (Å²) in [6.45, 7) is 4.25. The number of fused-ring (bicyclic) bond motifs is 2. The Morgan fingerprint density at radius 1 is 0.348 bits per heavy atom. The van der Waals surface area contributed by atoms with Crippen molar-refractivity contribution in [2.24, 2.45) is 0 Å². The molecule has 2 nitrogen and oxygen atoms in total. The standard InChI is InChI=1S/C44H32N2/c1-29-27-45-22-20-37(29)33-12-8-14-35(24-33)43-39-16-6-7-17-40(39)44(36-15-9-13-34(25-36)38-21-23-46-28-30(38)2)42-26-32(18-19-41(42)43)31-10-4-3-5-11-31/h3-28H,1-2H3. The fourth-order valence-electron chi connectivity index (χ4n) is 6.89. The Kier molecular flexibility index (Phi) is 6.96. The van der Waals surface area contributed by atoms with Crippen LogP contribution in [0.3, 0.4) is 0 Å². The first-order valence-electron chi connectivity index (χ1n) is 15.7. The summed E-state index contributed by atoms with van der Waals surface area (Å²) < 4.78 is 0. The van der Waals surface area contributed by atoms with Crippen LogP contribution in [0.2, 0.25) is 0 Å². The second-order valence-corrected chi connectivity index (χ2v) is 12.0. The second-order valence-electron chi connectivity index (χ2n) is 12.0. The molecule has 0 atom stereocenters. The average molecular weight is 589 g/mol. The largest absolute Gasteiger partial charge is 0.264 e. The van der Waals surface area contributed by atoms with E-state index in [1.165, 1.54) is 88.3 Å². The van der Waals surface area contributed by atoms with Gasteiger partial charge >= 0.3 is 0 Å². The van der Waals surface area contributed by atoms with Crippen LogP contribution in [0, 0.1) is 13.8 Å². The molecule has 0 fully saturated rings. The summed E-state index contributed by atoms with van der Waals surface area (Å²) in [4.78, 5) is 8.67. The number of hydrogen-bond acceptors (Lipinski definition) is 2. The van der Waals surface area contributed by atoms with Gasteiger partial charge in [-0.25, -0.2) is 0 Å². The van der Waals surface area contributed by atoms with Gasteiger partial charge in [-0.3, -0.25) is 9.97 Å². The molecule has 0 aliphatic rings. The van der Waals surface area contributed by atoms with Crippen LogP contribution in [0.4, 0.5) is 0 Å². The summed E-state index contributed by atoms with van der Waals surface area (Å²) in [5.74, 6) is 0. The maximum Gasteiger partial charge on any atom is 0.0303 e. The van der Waals surface area contributed by atoms with E-state index in [0.717, 1.165) is 0 Å². The van der Waals surface area contributed by atoms with Crippen LogP contribution in [0.1, 0.15) is 11.1 Å². The average Bonchev–Trinajstić information content (AvgIpc) is 3.11. The zero-order valence-corrected chi connectivity index (χ0v) is 25.9. The minimum atomic E-state index is 1.17. The Bertz CT molecular complexity index is 2390. The zero-order valence-electron chi connectivity index (χ0n) is 25.9. The van der Waals surface area contributed by atoms with E-state index >= 15 is 0 Å². The normalized spacial score (nSPS) is 11.3. The first-order chi connectivity index (χ1) is 22.7. The maximum atomic E-state index is 4.34. The van der Waals surface area contributed by atoms with Gasteiger partial charge in [0.2, 0.25) is 0 Å². The monoisotopic (exact) mass is 588 g/mol. The minimum Gasteiger partial charge on any atom is -0.264 e. The summed E-state index contributed by atoms with van der Waals surface area (Å²) in [6, 6.07) is 48.7. The van der Waals surface area contributed by atoms with Crippen molar-refractivity contribution in [3.8, 4) is 55.6 Å².